The molecule has 0 atom stereocenters. The highest BCUT2D eigenvalue weighted by atomic mass is 32.3. The summed E-state index contributed by atoms with van der Waals surface area (Å²) in [6.45, 7) is 3.54. The Bertz CT molecular complexity index is 1460. The molecule has 0 radical (unpaired) electrons. The minimum atomic E-state index is -4.84. The lowest BCUT2D eigenvalue weighted by atomic mass is 10.2. The van der Waals surface area contributed by atoms with Crippen molar-refractivity contribution in [1.82, 2.24) is 0 Å². The van der Waals surface area contributed by atoms with E-state index in [1.165, 1.54) is 49.6 Å². The fraction of sp³-hybridized carbons (Fsp3) is 0.143. The number of rotatable bonds is 7. The molecule has 32 heavy (non-hydrogen) atoms. The average molecular weight is 495 g/mol. The van der Waals surface area contributed by atoms with Crippen LogP contribution >= 0.6 is 0 Å². The van der Waals surface area contributed by atoms with Crippen LogP contribution in [0.15, 0.2) is 86.3 Å². The van der Waals surface area contributed by atoms with Crippen molar-refractivity contribution in [3.8, 4) is 5.75 Å². The lowest BCUT2D eigenvalue weighted by molar-refractivity contribution is 0.402. The number of sulfone groups is 1. The largest absolute Gasteiger partial charge is 0.495 e. The lowest BCUT2D eigenvalue weighted by Gasteiger charge is -2.22. The van der Waals surface area contributed by atoms with E-state index in [9.17, 15) is 25.3 Å². The maximum Gasteiger partial charge on any atom is 0.206 e. The molecule has 11 heteroatoms. The van der Waals surface area contributed by atoms with Gasteiger partial charge in [-0.15, -0.1) is 0 Å². The fourth-order valence-corrected chi connectivity index (χ4v) is 7.02. The normalized spacial score (nSPS) is 12.5. The Morgan fingerprint density at radius 2 is 1.09 bits per heavy atom. The first kappa shape index (κ1) is 23.9. The van der Waals surface area contributed by atoms with Crippen molar-refractivity contribution in [1.29, 1.82) is 0 Å². The Morgan fingerprint density at radius 3 is 1.59 bits per heavy atom. The van der Waals surface area contributed by atoms with Crippen LogP contribution < -0.4 is 4.74 Å². The van der Waals surface area contributed by atoms with E-state index in [2.05, 4.69) is 4.13 Å². The van der Waals surface area contributed by atoms with Crippen LogP contribution in [-0.2, 0) is 29.9 Å². The predicted octanol–water partition coefficient (Wildman–Crippen LogP) is 3.60. The molecule has 0 amide bonds. The first-order valence-electron chi connectivity index (χ1n) is 9.17. The number of ether oxygens (including phenoxy) is 1. The van der Waals surface area contributed by atoms with Crippen molar-refractivity contribution in [2.24, 2.45) is 0 Å². The van der Waals surface area contributed by atoms with Gasteiger partial charge in [-0.2, -0.15) is 0 Å². The summed E-state index contributed by atoms with van der Waals surface area (Å²) >= 11 is 0. The molecule has 3 rings (SSSR count). The van der Waals surface area contributed by atoms with Crippen molar-refractivity contribution in [2.75, 3.05) is 7.11 Å². The van der Waals surface area contributed by atoms with E-state index in [1.807, 2.05) is 0 Å². The van der Waals surface area contributed by atoms with Crippen LogP contribution in [-0.4, -0.2) is 32.4 Å². The Morgan fingerprint density at radius 1 is 0.625 bits per heavy atom. The van der Waals surface area contributed by atoms with Gasteiger partial charge in [0.1, 0.15) is 25.8 Å². The van der Waals surface area contributed by atoms with Crippen LogP contribution in [0.5, 0.6) is 5.75 Å². The quantitative estimate of drug-likeness (QED) is 0.491. The van der Waals surface area contributed by atoms with Gasteiger partial charge in [0.15, 0.2) is 0 Å². The molecule has 8 nitrogen and oxygen atoms in total. The minimum absolute atomic E-state index is 0.0409. The third-order valence-electron chi connectivity index (χ3n) is 4.57. The van der Waals surface area contributed by atoms with Crippen LogP contribution in [0.25, 0.3) is 4.13 Å². The molecule has 0 aliphatic heterocycles. The smallest absolute Gasteiger partial charge is 0.206 e. The zero-order chi connectivity index (χ0) is 23.7. The second-order valence-electron chi connectivity index (χ2n) is 6.97. The number of nitrogens with zero attached hydrogens (tertiary/aromatic N) is 1. The van der Waals surface area contributed by atoms with Gasteiger partial charge in [0.25, 0.3) is 0 Å². The van der Waals surface area contributed by atoms with Crippen LogP contribution in [0, 0.1) is 13.8 Å². The maximum absolute atomic E-state index is 13.0. The topological polar surface area (TPSA) is 126 Å². The highest BCUT2D eigenvalue weighted by Gasteiger charge is 2.23. The fourth-order valence-electron chi connectivity index (χ4n) is 2.80. The van der Waals surface area contributed by atoms with Gasteiger partial charge in [0, 0.05) is 4.90 Å². The third kappa shape index (κ3) is 4.85. The average Bonchev–Trinajstić information content (AvgIpc) is 2.73. The number of methoxy groups -OCH3 is 1. The summed E-state index contributed by atoms with van der Waals surface area (Å²) in [5, 5.41) is 0. The molecule has 170 valence electrons. The van der Waals surface area contributed by atoms with Crippen molar-refractivity contribution < 1.29 is 30.0 Å². The summed E-state index contributed by atoms with van der Waals surface area (Å²) in [5.41, 5.74) is 1.63. The number of aryl methyl sites for hydroxylation is 2. The minimum Gasteiger partial charge on any atom is -0.495 e. The van der Waals surface area contributed by atoms with Crippen molar-refractivity contribution in [3.05, 3.63) is 82.0 Å². The Kier molecular flexibility index (Phi) is 6.47. The molecule has 0 saturated heterocycles. The molecule has 0 aliphatic rings. The first-order valence-corrected chi connectivity index (χ1v) is 13.5. The van der Waals surface area contributed by atoms with Crippen molar-refractivity contribution >= 4 is 29.9 Å². The molecule has 0 saturated carbocycles. The van der Waals surface area contributed by atoms with Gasteiger partial charge in [-0.3, -0.25) is 0 Å². The number of sulfonamides is 2. The summed E-state index contributed by atoms with van der Waals surface area (Å²) in [6, 6.07) is 14.7. The van der Waals surface area contributed by atoms with Gasteiger partial charge in [-0.1, -0.05) is 35.4 Å². The summed E-state index contributed by atoms with van der Waals surface area (Å²) in [5.74, 6) is -0.240. The summed E-state index contributed by atoms with van der Waals surface area (Å²) in [6.07, 6.45) is 0. The molecule has 3 aromatic rings. The molecule has 0 aromatic heterocycles. The Hall–Kier alpha value is -2.73. The predicted molar refractivity (Wildman–Crippen MR) is 119 cm³/mol. The molecular formula is C21H20NO7S3-. The molecule has 0 unspecified atom stereocenters. The van der Waals surface area contributed by atoms with Gasteiger partial charge in [0.05, 0.1) is 21.8 Å². The zero-order valence-corrected chi connectivity index (χ0v) is 19.8. The second-order valence-corrected chi connectivity index (χ2v) is 12.3. The molecule has 0 bridgehead atoms. The van der Waals surface area contributed by atoms with Gasteiger partial charge in [0.2, 0.25) is 9.84 Å². The number of hydrogen-bond donors (Lipinski definition) is 0. The number of hydrogen-bond acceptors (Lipinski definition) is 7. The Labute approximate surface area is 187 Å². The van der Waals surface area contributed by atoms with E-state index in [4.69, 9.17) is 4.74 Å². The number of benzene rings is 3. The van der Waals surface area contributed by atoms with E-state index < -0.39 is 34.8 Å². The SMILES string of the molecule is COc1ccc(S(=O)(=O)c2ccc(C)cc2)cc1S(=O)(=O)[N-]S(=O)(=O)c1ccc(C)cc1. The van der Waals surface area contributed by atoms with Gasteiger partial charge >= 0.3 is 0 Å². The zero-order valence-electron chi connectivity index (χ0n) is 17.4. The molecule has 0 fully saturated rings. The van der Waals surface area contributed by atoms with E-state index in [1.54, 1.807) is 26.0 Å². The van der Waals surface area contributed by atoms with Crippen LogP contribution in [0.2, 0.25) is 0 Å². The van der Waals surface area contributed by atoms with Crippen LogP contribution in [0.4, 0.5) is 0 Å². The molecule has 3 aromatic carbocycles. The molecular weight excluding hydrogens is 474 g/mol. The van der Waals surface area contributed by atoms with E-state index in [0.29, 0.717) is 0 Å². The van der Waals surface area contributed by atoms with Crippen molar-refractivity contribution in [2.45, 2.75) is 33.4 Å². The molecule has 0 heterocycles. The van der Waals surface area contributed by atoms with Gasteiger partial charge in [-0.25, -0.2) is 25.3 Å². The highest BCUT2D eigenvalue weighted by molar-refractivity contribution is 8.12. The van der Waals surface area contributed by atoms with E-state index in [-0.39, 0.29) is 20.4 Å². The van der Waals surface area contributed by atoms with Crippen LogP contribution in [0.1, 0.15) is 11.1 Å². The second kappa shape index (κ2) is 8.66. The standard InChI is InChI=1S/C21H20NO7S3/c1-15-4-8-17(9-5-15)30(23,24)19-12-13-20(29-3)21(14-19)32(27,28)22-31(25,26)18-10-6-16(2)7-11-18/h4-14H,1-3H3/q-1. The molecule has 0 N–H and O–H groups in total. The molecule has 0 spiro atoms. The highest BCUT2D eigenvalue weighted by Crippen LogP contribution is 2.34. The van der Waals surface area contributed by atoms with E-state index in [0.717, 1.165) is 23.3 Å². The van der Waals surface area contributed by atoms with Crippen molar-refractivity contribution in [3.63, 3.8) is 0 Å². The third-order valence-corrected chi connectivity index (χ3v) is 9.65. The first-order chi connectivity index (χ1) is 14.9. The van der Waals surface area contributed by atoms with Gasteiger partial charge < -0.3 is 8.86 Å². The monoisotopic (exact) mass is 494 g/mol. The summed E-state index contributed by atoms with van der Waals surface area (Å²) in [4.78, 5) is -1.37. The lowest BCUT2D eigenvalue weighted by Crippen LogP contribution is -2.11. The Balaban J connectivity index is 2.08. The maximum atomic E-state index is 13.0. The summed E-state index contributed by atoms with van der Waals surface area (Å²) in [7, 11) is -12.3. The molecule has 0 aliphatic carbocycles. The summed E-state index contributed by atoms with van der Waals surface area (Å²) < 4.78 is 85.0. The van der Waals surface area contributed by atoms with Crippen LogP contribution in [0.3, 0.4) is 0 Å². The van der Waals surface area contributed by atoms with E-state index >= 15 is 0 Å². The van der Waals surface area contributed by atoms with Gasteiger partial charge in [-0.05, 0) is 56.3 Å².